The summed E-state index contributed by atoms with van der Waals surface area (Å²) >= 11 is 3.14. The Balaban J connectivity index is 3.18. The Labute approximate surface area is 115 Å². The zero-order valence-corrected chi connectivity index (χ0v) is 12.4. The lowest BCUT2D eigenvalue weighted by molar-refractivity contribution is -0.116. The fraction of sp³-hybridized carbons (Fsp3) is 0.462. The highest BCUT2D eigenvalue weighted by molar-refractivity contribution is 9.09. The largest absolute Gasteiger partial charge is 0.324 e. The van der Waals surface area contributed by atoms with Gasteiger partial charge in [-0.1, -0.05) is 22.0 Å². The first-order valence-corrected chi connectivity index (χ1v) is 6.79. The lowest BCUT2D eigenvalue weighted by atomic mass is 10.0. The number of nitrogens with two attached hydrogens (primary N) is 1. The molecule has 0 unspecified atom stereocenters. The van der Waals surface area contributed by atoms with Gasteiger partial charge >= 0.3 is 0 Å². The Morgan fingerprint density at radius 2 is 2.11 bits per heavy atom. The van der Waals surface area contributed by atoms with E-state index in [4.69, 9.17) is 5.73 Å². The van der Waals surface area contributed by atoms with E-state index >= 15 is 0 Å². The van der Waals surface area contributed by atoms with Crippen LogP contribution in [0.4, 0.5) is 10.1 Å². The van der Waals surface area contributed by atoms with Crippen LogP contribution in [0.2, 0.25) is 0 Å². The molecule has 5 heteroatoms. The van der Waals surface area contributed by atoms with E-state index in [2.05, 4.69) is 15.9 Å². The molecular weight excluding hydrogens is 299 g/mol. The Bertz CT molecular complexity index is 443. The SMILES string of the molecule is Cc1c(F)cccc1N(CC(C)(C)N)C(=O)CBr. The van der Waals surface area contributed by atoms with Crippen molar-refractivity contribution in [2.75, 3.05) is 16.8 Å². The molecule has 0 spiro atoms. The minimum atomic E-state index is -0.545. The quantitative estimate of drug-likeness (QED) is 0.868. The molecular formula is C13H18BrFN2O. The first-order valence-electron chi connectivity index (χ1n) is 5.66. The molecule has 0 bridgehead atoms. The van der Waals surface area contributed by atoms with Crippen molar-refractivity contribution in [1.29, 1.82) is 0 Å². The highest BCUT2D eigenvalue weighted by atomic mass is 79.9. The van der Waals surface area contributed by atoms with Crippen molar-refractivity contribution >= 4 is 27.5 Å². The molecule has 0 fully saturated rings. The molecule has 18 heavy (non-hydrogen) atoms. The Hall–Kier alpha value is -0.940. The Kier molecular flexibility index (Phi) is 4.87. The average molecular weight is 317 g/mol. The molecule has 1 rings (SSSR count). The third kappa shape index (κ3) is 3.78. The summed E-state index contributed by atoms with van der Waals surface area (Å²) in [4.78, 5) is 13.5. The summed E-state index contributed by atoms with van der Waals surface area (Å²) in [6.07, 6.45) is 0. The second-order valence-corrected chi connectivity index (χ2v) is 5.55. The fourth-order valence-corrected chi connectivity index (χ4v) is 1.98. The molecule has 3 nitrogen and oxygen atoms in total. The number of alkyl halides is 1. The predicted molar refractivity (Wildman–Crippen MR) is 75.6 cm³/mol. The van der Waals surface area contributed by atoms with Crippen LogP contribution in [0.25, 0.3) is 0 Å². The van der Waals surface area contributed by atoms with Gasteiger partial charge in [0.05, 0.1) is 5.33 Å². The van der Waals surface area contributed by atoms with Crippen molar-refractivity contribution in [3.05, 3.63) is 29.6 Å². The van der Waals surface area contributed by atoms with Crippen LogP contribution < -0.4 is 10.6 Å². The van der Waals surface area contributed by atoms with Crippen molar-refractivity contribution in [2.45, 2.75) is 26.3 Å². The monoisotopic (exact) mass is 316 g/mol. The fourth-order valence-electron chi connectivity index (χ4n) is 1.68. The van der Waals surface area contributed by atoms with Crippen LogP contribution in [0, 0.1) is 12.7 Å². The molecule has 1 aromatic carbocycles. The Morgan fingerprint density at radius 1 is 1.50 bits per heavy atom. The van der Waals surface area contributed by atoms with E-state index in [1.54, 1.807) is 19.1 Å². The number of nitrogens with zero attached hydrogens (tertiary/aromatic N) is 1. The van der Waals surface area contributed by atoms with E-state index < -0.39 is 5.54 Å². The number of carbonyl (C=O) groups excluding carboxylic acids is 1. The number of hydrogen-bond donors (Lipinski definition) is 1. The van der Waals surface area contributed by atoms with E-state index in [1.807, 2.05) is 13.8 Å². The summed E-state index contributed by atoms with van der Waals surface area (Å²) in [6, 6.07) is 4.70. The highest BCUT2D eigenvalue weighted by Crippen LogP contribution is 2.24. The summed E-state index contributed by atoms with van der Waals surface area (Å²) in [5, 5.41) is 0.180. The maximum Gasteiger partial charge on any atom is 0.237 e. The standard InChI is InChI=1S/C13H18BrFN2O/c1-9-10(15)5-4-6-11(9)17(12(18)7-14)8-13(2,3)16/h4-6H,7-8,16H2,1-3H3. The molecule has 0 aliphatic carbocycles. The normalized spacial score (nSPS) is 11.4. The first kappa shape index (κ1) is 15.1. The topological polar surface area (TPSA) is 46.3 Å². The third-order valence-corrected chi connectivity index (χ3v) is 2.99. The van der Waals surface area contributed by atoms with Crippen molar-refractivity contribution in [2.24, 2.45) is 5.73 Å². The van der Waals surface area contributed by atoms with Gasteiger partial charge in [0.2, 0.25) is 5.91 Å². The highest BCUT2D eigenvalue weighted by Gasteiger charge is 2.23. The van der Waals surface area contributed by atoms with Gasteiger partial charge in [0.15, 0.2) is 0 Å². The molecule has 100 valence electrons. The van der Waals surface area contributed by atoms with Crippen LogP contribution in [0.15, 0.2) is 18.2 Å². The molecule has 0 saturated carbocycles. The van der Waals surface area contributed by atoms with E-state index in [1.165, 1.54) is 11.0 Å². The van der Waals surface area contributed by atoms with Crippen LogP contribution in [0.3, 0.4) is 0 Å². The zero-order valence-electron chi connectivity index (χ0n) is 10.8. The molecule has 0 aliphatic rings. The Morgan fingerprint density at radius 3 is 2.61 bits per heavy atom. The summed E-state index contributed by atoms with van der Waals surface area (Å²) in [7, 11) is 0. The molecule has 0 aromatic heterocycles. The summed E-state index contributed by atoms with van der Waals surface area (Å²) in [5.74, 6) is -0.461. The number of amides is 1. The minimum Gasteiger partial charge on any atom is -0.324 e. The van der Waals surface area contributed by atoms with Crippen LogP contribution in [-0.2, 0) is 4.79 Å². The number of hydrogen-bond acceptors (Lipinski definition) is 2. The van der Waals surface area contributed by atoms with Crippen molar-refractivity contribution in [1.82, 2.24) is 0 Å². The molecule has 0 heterocycles. The molecule has 1 aromatic rings. The van der Waals surface area contributed by atoms with Crippen LogP contribution >= 0.6 is 15.9 Å². The molecule has 0 saturated heterocycles. The molecule has 0 aliphatic heterocycles. The van der Waals surface area contributed by atoms with E-state index in [0.29, 0.717) is 17.8 Å². The number of anilines is 1. The first-order chi connectivity index (χ1) is 8.26. The van der Waals surface area contributed by atoms with Gasteiger partial charge in [0.1, 0.15) is 5.82 Å². The zero-order chi connectivity index (χ0) is 13.9. The smallest absolute Gasteiger partial charge is 0.237 e. The predicted octanol–water partition coefficient (Wildman–Crippen LogP) is 2.60. The number of carbonyl (C=O) groups is 1. The average Bonchev–Trinajstić information content (AvgIpc) is 2.28. The lowest BCUT2D eigenvalue weighted by Gasteiger charge is -2.30. The second-order valence-electron chi connectivity index (χ2n) is 4.99. The van der Waals surface area contributed by atoms with Gasteiger partial charge in [-0.2, -0.15) is 0 Å². The van der Waals surface area contributed by atoms with Crippen molar-refractivity contribution in [3.8, 4) is 0 Å². The minimum absolute atomic E-state index is 0.137. The lowest BCUT2D eigenvalue weighted by Crippen LogP contribution is -2.48. The number of benzene rings is 1. The van der Waals surface area contributed by atoms with Gasteiger partial charge in [-0.05, 0) is 32.9 Å². The van der Waals surface area contributed by atoms with Crippen molar-refractivity contribution < 1.29 is 9.18 Å². The summed E-state index contributed by atoms with van der Waals surface area (Å²) in [6.45, 7) is 5.65. The number of rotatable bonds is 4. The maximum atomic E-state index is 13.6. The van der Waals surface area contributed by atoms with Crippen molar-refractivity contribution in [3.63, 3.8) is 0 Å². The van der Waals surface area contributed by atoms with Gasteiger partial charge in [-0.15, -0.1) is 0 Å². The molecule has 2 N–H and O–H groups in total. The summed E-state index contributed by atoms with van der Waals surface area (Å²) < 4.78 is 13.6. The van der Waals surface area contributed by atoms with E-state index in [0.717, 1.165) is 0 Å². The van der Waals surface area contributed by atoms with Gasteiger partial charge in [0, 0.05) is 23.3 Å². The van der Waals surface area contributed by atoms with Gasteiger partial charge in [0.25, 0.3) is 0 Å². The summed E-state index contributed by atoms with van der Waals surface area (Å²) in [5.41, 5.74) is 6.43. The molecule has 0 radical (unpaired) electrons. The van der Waals surface area contributed by atoms with E-state index in [-0.39, 0.29) is 17.1 Å². The van der Waals surface area contributed by atoms with Gasteiger partial charge in [-0.25, -0.2) is 4.39 Å². The molecule has 0 atom stereocenters. The van der Waals surface area contributed by atoms with E-state index in [9.17, 15) is 9.18 Å². The van der Waals surface area contributed by atoms with Crippen LogP contribution in [0.5, 0.6) is 0 Å². The third-order valence-electron chi connectivity index (χ3n) is 2.51. The second kappa shape index (κ2) is 5.80. The number of halogens is 2. The van der Waals surface area contributed by atoms with Crippen LogP contribution in [-0.4, -0.2) is 23.3 Å². The van der Waals surface area contributed by atoms with Gasteiger partial charge < -0.3 is 10.6 Å². The van der Waals surface area contributed by atoms with Gasteiger partial charge in [-0.3, -0.25) is 4.79 Å². The van der Waals surface area contributed by atoms with Crippen LogP contribution in [0.1, 0.15) is 19.4 Å². The maximum absolute atomic E-state index is 13.6. The molecule has 1 amide bonds.